The Morgan fingerprint density at radius 1 is 1.20 bits per heavy atom. The number of aryl methyl sites for hydroxylation is 1. The minimum absolute atomic E-state index is 0.120. The fourth-order valence-corrected chi connectivity index (χ4v) is 2.64. The summed E-state index contributed by atoms with van der Waals surface area (Å²) in [5.41, 5.74) is 2.33. The number of hydrogen-bond donors (Lipinski definition) is 0. The van der Waals surface area contributed by atoms with Gasteiger partial charge in [-0.05, 0) is 18.6 Å². The highest BCUT2D eigenvalue weighted by molar-refractivity contribution is 6.07. The number of hydrogen-bond acceptors (Lipinski definition) is 3. The fourth-order valence-electron chi connectivity index (χ4n) is 2.64. The first kappa shape index (κ1) is 16.7. The van der Waals surface area contributed by atoms with Gasteiger partial charge in [0, 0.05) is 23.9 Å². The van der Waals surface area contributed by atoms with Gasteiger partial charge in [-0.25, -0.2) is 4.98 Å². The van der Waals surface area contributed by atoms with Gasteiger partial charge in [-0.1, -0.05) is 48.5 Å². The molecule has 0 radical (unpaired) electrons. The van der Waals surface area contributed by atoms with Gasteiger partial charge in [-0.15, -0.1) is 6.58 Å². The number of ether oxygens (including phenoxy) is 1. The Kier molecular flexibility index (Phi) is 5.09. The lowest BCUT2D eigenvalue weighted by atomic mass is 10.1. The van der Waals surface area contributed by atoms with Gasteiger partial charge in [-0.3, -0.25) is 4.79 Å². The smallest absolute Gasteiger partial charge is 0.228 e. The third kappa shape index (κ3) is 3.69. The number of allylic oxidation sites excluding steroid dienone is 1. The largest absolute Gasteiger partial charge is 0.497 e. The highest BCUT2D eigenvalue weighted by Gasteiger charge is 2.18. The summed E-state index contributed by atoms with van der Waals surface area (Å²) in [6.45, 7) is 4.42. The van der Waals surface area contributed by atoms with Gasteiger partial charge in [-0.2, -0.15) is 0 Å². The molecule has 0 unspecified atom stereocenters. The molecule has 3 aromatic rings. The molecule has 4 nitrogen and oxygen atoms in total. The van der Waals surface area contributed by atoms with Gasteiger partial charge in [0.15, 0.2) is 5.82 Å². The number of carbonyl (C=O) groups is 1. The molecule has 0 aliphatic heterocycles. The zero-order valence-corrected chi connectivity index (χ0v) is 14.2. The summed E-state index contributed by atoms with van der Waals surface area (Å²) in [6, 6.07) is 17.0. The molecule has 3 rings (SSSR count). The van der Waals surface area contributed by atoms with Crippen molar-refractivity contribution in [2.45, 2.75) is 13.0 Å². The topological polar surface area (TPSA) is 44.1 Å². The highest BCUT2D eigenvalue weighted by atomic mass is 16.5. The van der Waals surface area contributed by atoms with Crippen molar-refractivity contribution >= 4 is 5.78 Å². The van der Waals surface area contributed by atoms with Crippen LogP contribution in [-0.4, -0.2) is 22.4 Å². The number of carbonyl (C=O) groups excluding carboxylic acids is 1. The van der Waals surface area contributed by atoms with Crippen LogP contribution in [0.3, 0.4) is 0 Å². The van der Waals surface area contributed by atoms with Crippen LogP contribution < -0.4 is 4.74 Å². The van der Waals surface area contributed by atoms with E-state index in [9.17, 15) is 4.79 Å². The second-order valence-electron chi connectivity index (χ2n) is 5.65. The number of methoxy groups -OCH3 is 1. The summed E-state index contributed by atoms with van der Waals surface area (Å²) in [4.78, 5) is 17.6. The minimum atomic E-state index is -0.120. The van der Waals surface area contributed by atoms with E-state index in [0.29, 0.717) is 23.7 Å². The monoisotopic (exact) mass is 332 g/mol. The van der Waals surface area contributed by atoms with Crippen molar-refractivity contribution in [2.75, 3.05) is 7.11 Å². The lowest BCUT2D eigenvalue weighted by Crippen LogP contribution is -2.11. The van der Waals surface area contributed by atoms with Crippen molar-refractivity contribution in [1.29, 1.82) is 0 Å². The number of benzene rings is 2. The van der Waals surface area contributed by atoms with E-state index in [0.717, 1.165) is 17.7 Å². The molecule has 25 heavy (non-hydrogen) atoms. The molecule has 4 heteroatoms. The van der Waals surface area contributed by atoms with E-state index in [-0.39, 0.29) is 5.78 Å². The Morgan fingerprint density at radius 3 is 2.72 bits per heavy atom. The summed E-state index contributed by atoms with van der Waals surface area (Å²) in [6.07, 6.45) is 4.53. The molecule has 0 atom stereocenters. The predicted molar refractivity (Wildman–Crippen MR) is 98.9 cm³/mol. The molecule has 0 amide bonds. The zero-order chi connectivity index (χ0) is 17.6. The Hall–Kier alpha value is -3.14. The zero-order valence-electron chi connectivity index (χ0n) is 14.2. The molecule has 0 spiro atoms. The first-order valence-electron chi connectivity index (χ1n) is 8.15. The Bertz CT molecular complexity index is 882. The lowest BCUT2D eigenvalue weighted by molar-refractivity contribution is 0.102. The molecular formula is C21H20N2O2. The molecule has 0 saturated carbocycles. The van der Waals surface area contributed by atoms with Crippen LogP contribution >= 0.6 is 0 Å². The molecule has 0 saturated heterocycles. The van der Waals surface area contributed by atoms with Crippen LogP contribution in [0.1, 0.15) is 22.6 Å². The quantitative estimate of drug-likeness (QED) is 0.477. The summed E-state index contributed by atoms with van der Waals surface area (Å²) >= 11 is 0. The molecule has 2 aromatic carbocycles. The van der Waals surface area contributed by atoms with Gasteiger partial charge in [0.25, 0.3) is 0 Å². The number of aromatic nitrogens is 2. The van der Waals surface area contributed by atoms with E-state index in [1.54, 1.807) is 25.3 Å². The van der Waals surface area contributed by atoms with Crippen molar-refractivity contribution in [3.8, 4) is 17.0 Å². The molecule has 1 heterocycles. The average molecular weight is 332 g/mol. The second kappa shape index (κ2) is 7.62. The SMILES string of the molecule is C=CCCn1cc(-c2ccccc2)nc1C(=O)c1cccc(OC)c1. The Balaban J connectivity index is 2.02. The third-order valence-electron chi connectivity index (χ3n) is 3.96. The first-order chi connectivity index (χ1) is 12.2. The van der Waals surface area contributed by atoms with E-state index in [1.165, 1.54) is 0 Å². The molecule has 0 N–H and O–H groups in total. The van der Waals surface area contributed by atoms with Crippen LogP contribution in [0, 0.1) is 0 Å². The molecule has 0 bridgehead atoms. The lowest BCUT2D eigenvalue weighted by Gasteiger charge is -2.06. The highest BCUT2D eigenvalue weighted by Crippen LogP contribution is 2.22. The van der Waals surface area contributed by atoms with Crippen LogP contribution in [0.2, 0.25) is 0 Å². The molecule has 126 valence electrons. The van der Waals surface area contributed by atoms with E-state index >= 15 is 0 Å². The summed E-state index contributed by atoms with van der Waals surface area (Å²) in [5.74, 6) is 0.956. The summed E-state index contributed by atoms with van der Waals surface area (Å²) in [5, 5.41) is 0. The Labute approximate surface area is 147 Å². The maximum atomic E-state index is 13.0. The van der Waals surface area contributed by atoms with Crippen LogP contribution in [0.25, 0.3) is 11.3 Å². The molecule has 0 aliphatic carbocycles. The van der Waals surface area contributed by atoms with Crippen molar-refractivity contribution in [3.05, 3.63) is 84.8 Å². The van der Waals surface area contributed by atoms with Crippen LogP contribution in [0.5, 0.6) is 5.75 Å². The maximum absolute atomic E-state index is 13.0. The van der Waals surface area contributed by atoms with E-state index in [1.807, 2.05) is 53.2 Å². The van der Waals surface area contributed by atoms with Crippen LogP contribution in [-0.2, 0) is 6.54 Å². The summed E-state index contributed by atoms with van der Waals surface area (Å²) < 4.78 is 7.11. The van der Waals surface area contributed by atoms with Gasteiger partial charge >= 0.3 is 0 Å². The summed E-state index contributed by atoms with van der Waals surface area (Å²) in [7, 11) is 1.59. The fraction of sp³-hybridized carbons (Fsp3) is 0.143. The van der Waals surface area contributed by atoms with Gasteiger partial charge in [0.1, 0.15) is 5.75 Å². The number of rotatable bonds is 7. The van der Waals surface area contributed by atoms with Crippen molar-refractivity contribution in [1.82, 2.24) is 9.55 Å². The maximum Gasteiger partial charge on any atom is 0.228 e. The van der Waals surface area contributed by atoms with Crippen molar-refractivity contribution < 1.29 is 9.53 Å². The number of nitrogens with zero attached hydrogens (tertiary/aromatic N) is 2. The standard InChI is InChI=1S/C21H20N2O2/c1-3-4-13-23-15-19(16-9-6-5-7-10-16)22-21(23)20(24)17-11-8-12-18(14-17)25-2/h3,5-12,14-15H,1,4,13H2,2H3. The normalized spacial score (nSPS) is 10.4. The third-order valence-corrected chi connectivity index (χ3v) is 3.96. The second-order valence-corrected chi connectivity index (χ2v) is 5.65. The van der Waals surface area contributed by atoms with Gasteiger partial charge < -0.3 is 9.30 Å². The van der Waals surface area contributed by atoms with E-state index in [2.05, 4.69) is 11.6 Å². The van der Waals surface area contributed by atoms with Gasteiger partial charge in [0.2, 0.25) is 5.78 Å². The van der Waals surface area contributed by atoms with Crippen molar-refractivity contribution in [3.63, 3.8) is 0 Å². The van der Waals surface area contributed by atoms with E-state index in [4.69, 9.17) is 4.74 Å². The molecule has 1 aromatic heterocycles. The van der Waals surface area contributed by atoms with Crippen LogP contribution in [0.4, 0.5) is 0 Å². The first-order valence-corrected chi connectivity index (χ1v) is 8.15. The molecule has 0 fully saturated rings. The molecular weight excluding hydrogens is 312 g/mol. The molecule has 0 aliphatic rings. The Morgan fingerprint density at radius 2 is 2.00 bits per heavy atom. The van der Waals surface area contributed by atoms with Crippen LogP contribution in [0.15, 0.2) is 73.4 Å². The number of ketones is 1. The predicted octanol–water partition coefficient (Wildman–Crippen LogP) is 4.37. The van der Waals surface area contributed by atoms with E-state index < -0.39 is 0 Å². The van der Waals surface area contributed by atoms with Crippen molar-refractivity contribution in [2.24, 2.45) is 0 Å². The number of imidazole rings is 1. The average Bonchev–Trinajstić information content (AvgIpc) is 3.10. The van der Waals surface area contributed by atoms with Gasteiger partial charge in [0.05, 0.1) is 12.8 Å². The minimum Gasteiger partial charge on any atom is -0.497 e.